The fraction of sp³-hybridized carbons (Fsp3) is 0.556. The highest BCUT2D eigenvalue weighted by molar-refractivity contribution is 9.13. The van der Waals surface area contributed by atoms with Gasteiger partial charge in [-0.1, -0.05) is 0 Å². The van der Waals surface area contributed by atoms with Gasteiger partial charge in [-0.05, 0) is 62.9 Å². The summed E-state index contributed by atoms with van der Waals surface area (Å²) in [6, 6.07) is 2.16. The molecule has 0 amide bonds. The van der Waals surface area contributed by atoms with Crippen LogP contribution in [-0.2, 0) is 6.54 Å². The normalized spacial score (nSPS) is 10.8. The van der Waals surface area contributed by atoms with Gasteiger partial charge in [-0.25, -0.2) is 0 Å². The third-order valence-corrected chi connectivity index (χ3v) is 5.65. The van der Waals surface area contributed by atoms with Crippen LogP contribution in [0.2, 0.25) is 0 Å². The van der Waals surface area contributed by atoms with Gasteiger partial charge in [-0.3, -0.25) is 0 Å². The topological polar surface area (TPSA) is 12.0 Å². The van der Waals surface area contributed by atoms with Gasteiger partial charge in [0, 0.05) is 15.9 Å². The Morgan fingerprint density at radius 3 is 2.86 bits per heavy atom. The van der Waals surface area contributed by atoms with Gasteiger partial charge in [0.05, 0.1) is 3.79 Å². The third-order valence-electron chi connectivity index (χ3n) is 1.70. The van der Waals surface area contributed by atoms with Crippen molar-refractivity contribution >= 4 is 55.0 Å². The molecule has 1 aromatic heterocycles. The molecular weight excluding hydrogens is 346 g/mol. The number of nitrogens with one attached hydrogen (secondary N) is 1. The van der Waals surface area contributed by atoms with E-state index >= 15 is 0 Å². The lowest BCUT2D eigenvalue weighted by molar-refractivity contribution is 0.685. The Labute approximate surface area is 110 Å². The van der Waals surface area contributed by atoms with Crippen LogP contribution in [0.3, 0.4) is 0 Å². The summed E-state index contributed by atoms with van der Waals surface area (Å²) in [4.78, 5) is 1.37. The van der Waals surface area contributed by atoms with Crippen LogP contribution in [-0.4, -0.2) is 18.6 Å². The number of thioether (sulfide) groups is 1. The zero-order valence-corrected chi connectivity index (χ0v) is 12.8. The van der Waals surface area contributed by atoms with Crippen molar-refractivity contribution in [2.24, 2.45) is 0 Å². The first-order valence-electron chi connectivity index (χ1n) is 4.37. The lowest BCUT2D eigenvalue weighted by Gasteiger charge is -2.00. The molecule has 0 bridgehead atoms. The Morgan fingerprint density at radius 1 is 1.50 bits per heavy atom. The highest BCUT2D eigenvalue weighted by atomic mass is 79.9. The van der Waals surface area contributed by atoms with E-state index < -0.39 is 0 Å². The fourth-order valence-electron chi connectivity index (χ4n) is 1.03. The monoisotopic (exact) mass is 357 g/mol. The smallest absolute Gasteiger partial charge is 0.0843 e. The first kappa shape index (κ1) is 13.0. The molecular formula is C9H13Br2NS2. The second-order valence-electron chi connectivity index (χ2n) is 2.86. The Hall–Kier alpha value is 0.970. The van der Waals surface area contributed by atoms with E-state index in [1.54, 1.807) is 11.3 Å². The minimum atomic E-state index is 0.975. The van der Waals surface area contributed by atoms with Gasteiger partial charge >= 0.3 is 0 Å². The van der Waals surface area contributed by atoms with E-state index in [0.29, 0.717) is 0 Å². The maximum Gasteiger partial charge on any atom is 0.0843 e. The molecule has 1 N–H and O–H groups in total. The van der Waals surface area contributed by atoms with Crippen molar-refractivity contribution in [1.29, 1.82) is 0 Å². The Kier molecular flexibility index (Phi) is 6.78. The molecule has 80 valence electrons. The quantitative estimate of drug-likeness (QED) is 0.767. The van der Waals surface area contributed by atoms with E-state index in [2.05, 4.69) is 49.5 Å². The molecule has 0 fully saturated rings. The van der Waals surface area contributed by atoms with E-state index in [-0.39, 0.29) is 0 Å². The van der Waals surface area contributed by atoms with E-state index in [4.69, 9.17) is 0 Å². The van der Waals surface area contributed by atoms with Crippen molar-refractivity contribution in [2.75, 3.05) is 18.6 Å². The molecule has 5 heteroatoms. The van der Waals surface area contributed by atoms with Crippen LogP contribution < -0.4 is 5.32 Å². The number of rotatable bonds is 6. The molecule has 1 rings (SSSR count). The zero-order valence-electron chi connectivity index (χ0n) is 7.98. The standard InChI is InChI=1S/C9H13Br2NS2/c1-13-4-2-3-12-6-7-5-8(10)9(11)14-7/h5,12H,2-4,6H2,1H3. The molecule has 0 aliphatic rings. The maximum atomic E-state index is 3.49. The van der Waals surface area contributed by atoms with Crippen LogP contribution in [0.1, 0.15) is 11.3 Å². The first-order chi connectivity index (χ1) is 6.74. The number of thiophene rings is 1. The van der Waals surface area contributed by atoms with Crippen molar-refractivity contribution in [3.8, 4) is 0 Å². The summed E-state index contributed by atoms with van der Waals surface area (Å²) in [5, 5.41) is 3.43. The van der Waals surface area contributed by atoms with Gasteiger partial charge in [0.25, 0.3) is 0 Å². The van der Waals surface area contributed by atoms with Crippen LogP contribution in [0.15, 0.2) is 14.3 Å². The van der Waals surface area contributed by atoms with Crippen LogP contribution in [0.4, 0.5) is 0 Å². The van der Waals surface area contributed by atoms with Crippen LogP contribution >= 0.6 is 55.0 Å². The Balaban J connectivity index is 2.18. The summed E-state index contributed by atoms with van der Waals surface area (Å²) in [5.74, 6) is 1.24. The predicted molar refractivity (Wildman–Crippen MR) is 74.4 cm³/mol. The lowest BCUT2D eigenvalue weighted by atomic mass is 10.4. The minimum absolute atomic E-state index is 0.975. The van der Waals surface area contributed by atoms with Gasteiger partial charge in [0.1, 0.15) is 0 Å². The largest absolute Gasteiger partial charge is 0.312 e. The summed E-state index contributed by atoms with van der Waals surface area (Å²) in [6.45, 7) is 2.08. The maximum absolute atomic E-state index is 3.49. The van der Waals surface area contributed by atoms with E-state index in [9.17, 15) is 0 Å². The van der Waals surface area contributed by atoms with Gasteiger partial charge < -0.3 is 5.32 Å². The van der Waals surface area contributed by atoms with E-state index in [1.807, 2.05) is 11.8 Å². The summed E-state index contributed by atoms with van der Waals surface area (Å²) in [7, 11) is 0. The summed E-state index contributed by atoms with van der Waals surface area (Å²) >= 11 is 10.7. The SMILES string of the molecule is CSCCCNCc1cc(Br)c(Br)s1. The number of halogens is 2. The molecule has 0 saturated carbocycles. The molecule has 0 spiro atoms. The van der Waals surface area contributed by atoms with E-state index in [1.165, 1.54) is 20.8 Å². The second kappa shape index (κ2) is 7.28. The van der Waals surface area contributed by atoms with Gasteiger partial charge in [0.15, 0.2) is 0 Å². The van der Waals surface area contributed by atoms with Crippen LogP contribution in [0, 0.1) is 0 Å². The Bertz CT molecular complexity index is 256. The molecule has 0 aliphatic heterocycles. The summed E-state index contributed by atoms with van der Waals surface area (Å²) in [6.07, 6.45) is 3.39. The molecule has 0 aromatic carbocycles. The van der Waals surface area contributed by atoms with Crippen molar-refractivity contribution in [1.82, 2.24) is 5.32 Å². The highest BCUT2D eigenvalue weighted by Gasteiger charge is 2.02. The van der Waals surface area contributed by atoms with Crippen molar-refractivity contribution in [3.05, 3.63) is 19.2 Å². The Morgan fingerprint density at radius 2 is 2.29 bits per heavy atom. The van der Waals surface area contributed by atoms with E-state index in [0.717, 1.165) is 17.6 Å². The molecule has 1 aromatic rings. The molecule has 0 aliphatic carbocycles. The first-order valence-corrected chi connectivity index (χ1v) is 8.17. The zero-order chi connectivity index (χ0) is 10.4. The fourth-order valence-corrected chi connectivity index (χ4v) is 3.61. The third kappa shape index (κ3) is 4.66. The number of hydrogen-bond donors (Lipinski definition) is 1. The van der Waals surface area contributed by atoms with Crippen molar-refractivity contribution in [3.63, 3.8) is 0 Å². The molecule has 0 saturated heterocycles. The van der Waals surface area contributed by atoms with Crippen molar-refractivity contribution < 1.29 is 0 Å². The molecule has 1 heterocycles. The van der Waals surface area contributed by atoms with Crippen LogP contribution in [0.25, 0.3) is 0 Å². The number of hydrogen-bond acceptors (Lipinski definition) is 3. The molecule has 14 heavy (non-hydrogen) atoms. The van der Waals surface area contributed by atoms with Gasteiger partial charge in [-0.15, -0.1) is 11.3 Å². The van der Waals surface area contributed by atoms with Gasteiger partial charge in [-0.2, -0.15) is 11.8 Å². The summed E-state index contributed by atoms with van der Waals surface area (Å²) < 4.78 is 2.34. The average molecular weight is 359 g/mol. The molecule has 1 nitrogen and oxygen atoms in total. The molecule has 0 unspecified atom stereocenters. The second-order valence-corrected chi connectivity index (χ2v) is 7.15. The van der Waals surface area contributed by atoms with Gasteiger partial charge in [0.2, 0.25) is 0 Å². The predicted octanol–water partition coefficient (Wildman–Crippen LogP) is 4.12. The average Bonchev–Trinajstić information content (AvgIpc) is 2.46. The van der Waals surface area contributed by atoms with Crippen molar-refractivity contribution in [2.45, 2.75) is 13.0 Å². The minimum Gasteiger partial charge on any atom is -0.312 e. The summed E-state index contributed by atoms with van der Waals surface area (Å²) in [5.41, 5.74) is 0. The van der Waals surface area contributed by atoms with Crippen LogP contribution in [0.5, 0.6) is 0 Å². The lowest BCUT2D eigenvalue weighted by Crippen LogP contribution is -2.14. The molecule has 0 atom stereocenters. The molecule has 0 radical (unpaired) electrons. The highest BCUT2D eigenvalue weighted by Crippen LogP contribution is 2.32.